The maximum absolute atomic E-state index is 12.2. The highest BCUT2D eigenvalue weighted by atomic mass is 16.2. The Morgan fingerprint density at radius 2 is 1.81 bits per heavy atom. The summed E-state index contributed by atoms with van der Waals surface area (Å²) in [4.78, 5) is 14.6. The fourth-order valence-corrected chi connectivity index (χ4v) is 3.52. The van der Waals surface area contributed by atoms with E-state index in [1.165, 1.54) is 51.6 Å². The third-order valence-electron chi connectivity index (χ3n) is 5.19. The third kappa shape index (κ3) is 5.95. The number of nitrogens with one attached hydrogen (secondary N) is 2. The van der Waals surface area contributed by atoms with Gasteiger partial charge in [0.05, 0.1) is 6.04 Å². The van der Waals surface area contributed by atoms with Gasteiger partial charge in [0.1, 0.15) is 0 Å². The number of hydrogen-bond donors (Lipinski definition) is 2. The van der Waals surface area contributed by atoms with Gasteiger partial charge >= 0.3 is 0 Å². The van der Waals surface area contributed by atoms with Crippen molar-refractivity contribution in [2.45, 2.75) is 70.4 Å². The van der Waals surface area contributed by atoms with Crippen molar-refractivity contribution in [1.29, 1.82) is 0 Å². The van der Waals surface area contributed by atoms with Gasteiger partial charge in [0.15, 0.2) is 0 Å². The van der Waals surface area contributed by atoms with Gasteiger partial charge < -0.3 is 15.5 Å². The molecule has 4 heteroatoms. The van der Waals surface area contributed by atoms with Gasteiger partial charge in [0, 0.05) is 6.04 Å². The first-order valence-electron chi connectivity index (χ1n) is 8.87. The Kier molecular flexibility index (Phi) is 6.97. The van der Waals surface area contributed by atoms with Crippen LogP contribution in [0.4, 0.5) is 0 Å². The monoisotopic (exact) mass is 295 g/mol. The SMILES string of the molecule is CC(NCCC1CCN(C)CC1)C(=O)NC1CCCCC1. The molecule has 1 heterocycles. The summed E-state index contributed by atoms with van der Waals surface area (Å²) in [6, 6.07) is 0.363. The van der Waals surface area contributed by atoms with Gasteiger partial charge in [-0.25, -0.2) is 0 Å². The molecule has 21 heavy (non-hydrogen) atoms. The van der Waals surface area contributed by atoms with Crippen molar-refractivity contribution in [2.24, 2.45) is 5.92 Å². The highest BCUT2D eigenvalue weighted by Gasteiger charge is 2.20. The van der Waals surface area contributed by atoms with E-state index in [2.05, 4.69) is 22.6 Å². The van der Waals surface area contributed by atoms with Crippen LogP contribution in [0.5, 0.6) is 0 Å². The lowest BCUT2D eigenvalue weighted by atomic mass is 9.94. The molecule has 2 fully saturated rings. The molecule has 0 aromatic rings. The first kappa shape index (κ1) is 16.8. The van der Waals surface area contributed by atoms with Crippen LogP contribution in [-0.2, 0) is 4.79 Å². The Hall–Kier alpha value is -0.610. The third-order valence-corrected chi connectivity index (χ3v) is 5.19. The van der Waals surface area contributed by atoms with E-state index in [0.29, 0.717) is 6.04 Å². The van der Waals surface area contributed by atoms with Crippen LogP contribution in [0.25, 0.3) is 0 Å². The summed E-state index contributed by atoms with van der Waals surface area (Å²) in [6.07, 6.45) is 10.0. The fourth-order valence-electron chi connectivity index (χ4n) is 3.52. The van der Waals surface area contributed by atoms with Crippen molar-refractivity contribution in [2.75, 3.05) is 26.7 Å². The predicted octanol–water partition coefficient (Wildman–Crippen LogP) is 2.15. The second-order valence-electron chi connectivity index (χ2n) is 7.05. The van der Waals surface area contributed by atoms with Crippen LogP contribution in [0.2, 0.25) is 0 Å². The number of piperidine rings is 1. The lowest BCUT2D eigenvalue weighted by molar-refractivity contribution is -0.123. The molecule has 1 amide bonds. The Bertz CT molecular complexity index is 307. The summed E-state index contributed by atoms with van der Waals surface area (Å²) < 4.78 is 0. The van der Waals surface area contributed by atoms with E-state index >= 15 is 0 Å². The minimum atomic E-state index is -0.0572. The molecule has 2 N–H and O–H groups in total. The number of carbonyl (C=O) groups excluding carboxylic acids is 1. The smallest absolute Gasteiger partial charge is 0.237 e. The molecular formula is C17H33N3O. The molecule has 0 bridgehead atoms. The molecule has 0 spiro atoms. The number of hydrogen-bond acceptors (Lipinski definition) is 3. The van der Waals surface area contributed by atoms with Gasteiger partial charge in [0.25, 0.3) is 0 Å². The zero-order valence-electron chi connectivity index (χ0n) is 13.9. The van der Waals surface area contributed by atoms with Crippen molar-refractivity contribution in [3.05, 3.63) is 0 Å². The Morgan fingerprint density at radius 3 is 2.48 bits per heavy atom. The lowest BCUT2D eigenvalue weighted by Gasteiger charge is -2.29. The Balaban J connectivity index is 1.57. The standard InChI is InChI=1S/C17H33N3O/c1-14(17(21)19-16-6-4-3-5-7-16)18-11-8-15-9-12-20(2)13-10-15/h14-16,18H,3-13H2,1-2H3,(H,19,21). The second kappa shape index (κ2) is 8.74. The number of rotatable bonds is 6. The van der Waals surface area contributed by atoms with Gasteiger partial charge in [0.2, 0.25) is 5.91 Å². The molecular weight excluding hydrogens is 262 g/mol. The van der Waals surface area contributed by atoms with E-state index < -0.39 is 0 Å². The van der Waals surface area contributed by atoms with Crippen molar-refractivity contribution in [3.63, 3.8) is 0 Å². The average Bonchev–Trinajstić information content (AvgIpc) is 2.50. The van der Waals surface area contributed by atoms with Crippen LogP contribution in [0.15, 0.2) is 0 Å². The van der Waals surface area contributed by atoms with Gasteiger partial charge in [-0.1, -0.05) is 19.3 Å². The first-order valence-corrected chi connectivity index (χ1v) is 8.87. The summed E-state index contributed by atoms with van der Waals surface area (Å²) in [5.41, 5.74) is 0. The van der Waals surface area contributed by atoms with Gasteiger partial charge in [-0.15, -0.1) is 0 Å². The second-order valence-corrected chi connectivity index (χ2v) is 7.05. The molecule has 0 aromatic carbocycles. The first-order chi connectivity index (χ1) is 10.1. The van der Waals surface area contributed by atoms with Gasteiger partial charge in [-0.3, -0.25) is 4.79 Å². The quantitative estimate of drug-likeness (QED) is 0.789. The van der Waals surface area contributed by atoms with Crippen LogP contribution in [-0.4, -0.2) is 49.6 Å². The van der Waals surface area contributed by atoms with Gasteiger partial charge in [-0.2, -0.15) is 0 Å². The minimum absolute atomic E-state index is 0.0572. The summed E-state index contributed by atoms with van der Waals surface area (Å²) in [5.74, 6) is 1.02. The van der Waals surface area contributed by atoms with E-state index in [1.807, 2.05) is 6.92 Å². The van der Waals surface area contributed by atoms with E-state index in [9.17, 15) is 4.79 Å². The van der Waals surface area contributed by atoms with Crippen molar-refractivity contribution < 1.29 is 4.79 Å². The highest BCUT2D eigenvalue weighted by Crippen LogP contribution is 2.19. The Labute approximate surface area is 130 Å². The summed E-state index contributed by atoms with van der Waals surface area (Å²) in [6.45, 7) is 5.41. The summed E-state index contributed by atoms with van der Waals surface area (Å²) >= 11 is 0. The summed E-state index contributed by atoms with van der Waals surface area (Å²) in [5, 5.41) is 6.61. The van der Waals surface area contributed by atoms with Crippen LogP contribution in [0, 0.1) is 5.92 Å². The maximum atomic E-state index is 12.2. The molecule has 122 valence electrons. The van der Waals surface area contributed by atoms with Crippen molar-refractivity contribution in [3.8, 4) is 0 Å². The molecule has 1 aliphatic carbocycles. The largest absolute Gasteiger partial charge is 0.352 e. The maximum Gasteiger partial charge on any atom is 0.237 e. The Morgan fingerprint density at radius 1 is 1.14 bits per heavy atom. The molecule has 2 aliphatic rings. The average molecular weight is 295 g/mol. The number of carbonyl (C=O) groups is 1. The molecule has 4 nitrogen and oxygen atoms in total. The molecule has 1 saturated heterocycles. The molecule has 2 rings (SSSR count). The van der Waals surface area contributed by atoms with Crippen LogP contribution < -0.4 is 10.6 Å². The van der Waals surface area contributed by atoms with Crippen molar-refractivity contribution >= 4 is 5.91 Å². The topological polar surface area (TPSA) is 44.4 Å². The number of nitrogens with zero attached hydrogens (tertiary/aromatic N) is 1. The molecule has 1 aliphatic heterocycles. The predicted molar refractivity (Wildman–Crippen MR) is 87.3 cm³/mol. The van der Waals surface area contributed by atoms with Crippen LogP contribution >= 0.6 is 0 Å². The fraction of sp³-hybridized carbons (Fsp3) is 0.941. The molecule has 0 radical (unpaired) electrons. The van der Waals surface area contributed by atoms with E-state index in [1.54, 1.807) is 0 Å². The molecule has 1 atom stereocenters. The number of amides is 1. The van der Waals surface area contributed by atoms with E-state index in [4.69, 9.17) is 0 Å². The van der Waals surface area contributed by atoms with E-state index in [0.717, 1.165) is 25.3 Å². The van der Waals surface area contributed by atoms with Gasteiger partial charge in [-0.05, 0) is 71.6 Å². The normalized spacial score (nSPS) is 23.9. The molecule has 1 unspecified atom stereocenters. The van der Waals surface area contributed by atoms with E-state index in [-0.39, 0.29) is 11.9 Å². The van der Waals surface area contributed by atoms with Crippen molar-refractivity contribution in [1.82, 2.24) is 15.5 Å². The molecule has 0 aromatic heterocycles. The van der Waals surface area contributed by atoms with Crippen LogP contribution in [0.1, 0.15) is 58.3 Å². The molecule has 1 saturated carbocycles. The zero-order chi connectivity index (χ0) is 15.1. The lowest BCUT2D eigenvalue weighted by Crippen LogP contribution is -2.47. The van der Waals surface area contributed by atoms with Crippen LogP contribution in [0.3, 0.4) is 0 Å². The number of likely N-dealkylation sites (tertiary alicyclic amines) is 1. The summed E-state index contributed by atoms with van der Waals surface area (Å²) in [7, 11) is 2.20. The zero-order valence-corrected chi connectivity index (χ0v) is 13.9. The highest BCUT2D eigenvalue weighted by molar-refractivity contribution is 5.81. The minimum Gasteiger partial charge on any atom is -0.352 e.